The molecule has 0 saturated carbocycles. The van der Waals surface area contributed by atoms with Crippen LogP contribution >= 0.6 is 27.5 Å². The lowest BCUT2D eigenvalue weighted by molar-refractivity contribution is 0.186. The minimum atomic E-state index is 0.456. The Hall–Kier alpha value is -0.740. The smallest absolute Gasteiger partial charge is 0.176 e. The van der Waals surface area contributed by atoms with Crippen molar-refractivity contribution in [3.63, 3.8) is 0 Å². The fourth-order valence-corrected chi connectivity index (χ4v) is 1.64. The number of hydrogen-bond donors (Lipinski definition) is 1. The van der Waals surface area contributed by atoms with E-state index in [9.17, 15) is 5.21 Å². The first-order valence-electron chi connectivity index (χ1n) is 3.20. The number of fused-ring (bicyclic) bond motifs is 1. The van der Waals surface area contributed by atoms with Gasteiger partial charge in [0, 0.05) is 16.2 Å². The van der Waals surface area contributed by atoms with Crippen LogP contribution in [0.2, 0.25) is 5.02 Å². The van der Waals surface area contributed by atoms with Gasteiger partial charge in [0.1, 0.15) is 0 Å². The zero-order valence-electron chi connectivity index (χ0n) is 5.83. The van der Waals surface area contributed by atoms with Crippen LogP contribution in [-0.4, -0.2) is 14.9 Å². The predicted octanol–water partition coefficient (Wildman–Crippen LogP) is 2.64. The van der Waals surface area contributed by atoms with Gasteiger partial charge >= 0.3 is 0 Å². The maximum atomic E-state index is 9.31. The van der Waals surface area contributed by atoms with Crippen LogP contribution in [0.3, 0.4) is 0 Å². The summed E-state index contributed by atoms with van der Waals surface area (Å²) in [5, 5.41) is 9.77. The second kappa shape index (κ2) is 2.64. The third-order valence-corrected chi connectivity index (χ3v) is 2.95. The van der Waals surface area contributed by atoms with Gasteiger partial charge in [-0.1, -0.05) is 11.6 Å². The van der Waals surface area contributed by atoms with E-state index in [2.05, 4.69) is 20.9 Å². The molecule has 3 nitrogen and oxygen atoms in total. The molecule has 0 aromatic carbocycles. The minimum absolute atomic E-state index is 0.456. The summed E-state index contributed by atoms with van der Waals surface area (Å²) in [6.45, 7) is 0. The van der Waals surface area contributed by atoms with Crippen LogP contribution in [0.25, 0.3) is 11.4 Å². The highest BCUT2D eigenvalue weighted by atomic mass is 79.9. The zero-order valence-corrected chi connectivity index (χ0v) is 8.17. The van der Waals surface area contributed by atoms with E-state index in [1.165, 1.54) is 6.20 Å². The van der Waals surface area contributed by atoms with Crippen LogP contribution in [0.15, 0.2) is 22.9 Å². The Morgan fingerprint density at radius 1 is 1.58 bits per heavy atom. The Balaban J connectivity index is 2.86. The van der Waals surface area contributed by atoms with Crippen molar-refractivity contribution in [3.05, 3.63) is 28.0 Å². The molecular weight excluding hydrogens is 243 g/mol. The first-order chi connectivity index (χ1) is 5.70. The van der Waals surface area contributed by atoms with Crippen LogP contribution in [-0.2, 0) is 0 Å². The average Bonchev–Trinajstić information content (AvgIpc) is 2.48. The molecule has 0 radical (unpaired) electrons. The lowest BCUT2D eigenvalue weighted by Gasteiger charge is -2.07. The van der Waals surface area contributed by atoms with E-state index in [-0.39, 0.29) is 0 Å². The second-order valence-corrected chi connectivity index (χ2v) is 3.52. The topological polar surface area (TPSA) is 38.0 Å². The first kappa shape index (κ1) is 7.89. The van der Waals surface area contributed by atoms with Crippen LogP contribution in [0.5, 0.6) is 0 Å². The SMILES string of the molecule is On1cc(Cl)c(Br)c2ccnc1-2. The molecule has 0 amide bonds. The van der Waals surface area contributed by atoms with Gasteiger partial charge in [-0.3, -0.25) is 0 Å². The van der Waals surface area contributed by atoms with Gasteiger partial charge in [0.25, 0.3) is 0 Å². The minimum Gasteiger partial charge on any atom is -0.427 e. The molecule has 2 rings (SSSR count). The molecule has 5 heteroatoms. The summed E-state index contributed by atoms with van der Waals surface area (Å²) in [5.41, 5.74) is 0.796. The molecular formula is C7H4BrClN2O. The van der Waals surface area contributed by atoms with Gasteiger partial charge < -0.3 is 5.21 Å². The van der Waals surface area contributed by atoms with Crippen molar-refractivity contribution >= 4 is 27.5 Å². The molecule has 0 aromatic heterocycles. The van der Waals surface area contributed by atoms with Gasteiger partial charge in [0.15, 0.2) is 5.82 Å². The van der Waals surface area contributed by atoms with Crippen LogP contribution in [0.1, 0.15) is 0 Å². The summed E-state index contributed by atoms with van der Waals surface area (Å²) >= 11 is 9.09. The van der Waals surface area contributed by atoms with E-state index in [1.54, 1.807) is 12.3 Å². The number of hydrogen-bond acceptors (Lipinski definition) is 2. The average molecular weight is 247 g/mol. The monoisotopic (exact) mass is 246 g/mol. The molecule has 0 aromatic rings. The maximum absolute atomic E-state index is 9.31. The van der Waals surface area contributed by atoms with Crippen molar-refractivity contribution in [2.45, 2.75) is 0 Å². The number of pyridine rings is 1. The lowest BCUT2D eigenvalue weighted by atomic mass is 10.3. The van der Waals surface area contributed by atoms with Crippen molar-refractivity contribution in [1.29, 1.82) is 0 Å². The molecule has 1 N–H and O–H groups in total. The number of aromatic nitrogens is 2. The third-order valence-electron chi connectivity index (χ3n) is 1.58. The van der Waals surface area contributed by atoms with Crippen molar-refractivity contribution in [2.24, 2.45) is 0 Å². The Morgan fingerprint density at radius 3 is 3.08 bits per heavy atom. The predicted molar refractivity (Wildman–Crippen MR) is 48.7 cm³/mol. The van der Waals surface area contributed by atoms with E-state index >= 15 is 0 Å². The summed E-state index contributed by atoms with van der Waals surface area (Å²) < 4.78 is 1.66. The molecule has 0 aliphatic carbocycles. The molecule has 2 aliphatic heterocycles. The summed E-state index contributed by atoms with van der Waals surface area (Å²) in [4.78, 5) is 3.94. The van der Waals surface area contributed by atoms with Gasteiger partial charge in [-0.25, -0.2) is 4.98 Å². The van der Waals surface area contributed by atoms with Crippen LogP contribution in [0.4, 0.5) is 0 Å². The largest absolute Gasteiger partial charge is 0.427 e. The molecule has 2 aliphatic rings. The van der Waals surface area contributed by atoms with Gasteiger partial charge in [-0.05, 0) is 22.0 Å². The van der Waals surface area contributed by atoms with Crippen molar-refractivity contribution in [2.75, 3.05) is 0 Å². The van der Waals surface area contributed by atoms with Crippen LogP contribution in [0, 0.1) is 0 Å². The molecule has 0 unspecified atom stereocenters. The highest BCUT2D eigenvalue weighted by Gasteiger charge is 2.14. The summed E-state index contributed by atoms with van der Waals surface area (Å²) in [5.74, 6) is 0.492. The lowest BCUT2D eigenvalue weighted by Crippen LogP contribution is -1.98. The Labute approximate surface area is 82.0 Å². The first-order valence-corrected chi connectivity index (χ1v) is 4.37. The second-order valence-electron chi connectivity index (χ2n) is 2.32. The highest BCUT2D eigenvalue weighted by Crippen LogP contribution is 2.34. The summed E-state index contributed by atoms with van der Waals surface area (Å²) in [6.07, 6.45) is 3.00. The van der Waals surface area contributed by atoms with E-state index in [0.717, 1.165) is 14.8 Å². The van der Waals surface area contributed by atoms with Gasteiger partial charge in [0.05, 0.1) is 11.2 Å². The van der Waals surface area contributed by atoms with E-state index < -0.39 is 0 Å². The molecule has 0 saturated heterocycles. The standard InChI is InChI=1S/C7H4BrClN2O/c8-6-4-1-2-10-7(4)11(12)3-5(6)9/h1-3,12H. The van der Waals surface area contributed by atoms with E-state index in [0.29, 0.717) is 10.8 Å². The van der Waals surface area contributed by atoms with Crippen LogP contribution < -0.4 is 0 Å². The Kier molecular flexibility index (Phi) is 1.73. The molecule has 0 bridgehead atoms. The Bertz CT molecular complexity index is 401. The van der Waals surface area contributed by atoms with Crippen molar-refractivity contribution in [1.82, 2.24) is 9.71 Å². The fraction of sp³-hybridized carbons (Fsp3) is 0. The fourth-order valence-electron chi connectivity index (χ4n) is 1.03. The molecule has 0 fully saturated rings. The molecule has 62 valence electrons. The van der Waals surface area contributed by atoms with Crippen molar-refractivity contribution in [3.8, 4) is 11.4 Å². The third kappa shape index (κ3) is 0.990. The highest BCUT2D eigenvalue weighted by molar-refractivity contribution is 9.10. The van der Waals surface area contributed by atoms with Gasteiger partial charge in [0.2, 0.25) is 0 Å². The number of nitrogens with zero attached hydrogens (tertiary/aromatic N) is 2. The van der Waals surface area contributed by atoms with Gasteiger partial charge in [-0.2, -0.15) is 4.73 Å². The normalized spacial score (nSPS) is 10.8. The molecule has 0 atom stereocenters. The molecule has 2 heterocycles. The summed E-state index contributed by atoms with van der Waals surface area (Å²) in [7, 11) is 0. The Morgan fingerprint density at radius 2 is 2.33 bits per heavy atom. The maximum Gasteiger partial charge on any atom is 0.176 e. The number of halogens is 2. The van der Waals surface area contributed by atoms with Crippen molar-refractivity contribution < 1.29 is 5.21 Å². The molecule has 0 spiro atoms. The number of rotatable bonds is 0. The quantitative estimate of drug-likeness (QED) is 0.727. The van der Waals surface area contributed by atoms with Gasteiger partial charge in [-0.15, -0.1) is 0 Å². The van der Waals surface area contributed by atoms with E-state index in [4.69, 9.17) is 11.6 Å². The molecule has 12 heavy (non-hydrogen) atoms. The zero-order chi connectivity index (χ0) is 8.72. The van der Waals surface area contributed by atoms with E-state index in [1.807, 2.05) is 0 Å². The summed E-state index contributed by atoms with van der Waals surface area (Å²) in [6, 6.07) is 1.78.